The number of likely N-dealkylation sites (N-methyl/N-ethyl adjacent to an activating group) is 1. The van der Waals surface area contributed by atoms with Crippen molar-refractivity contribution in [2.45, 2.75) is 45.2 Å². The number of piperidine rings is 1. The molecule has 0 radical (unpaired) electrons. The minimum absolute atomic E-state index is 0.0728. The summed E-state index contributed by atoms with van der Waals surface area (Å²) in [5.41, 5.74) is 5.97. The third-order valence-corrected chi connectivity index (χ3v) is 3.28. The summed E-state index contributed by atoms with van der Waals surface area (Å²) in [6.45, 7) is 11.1. The van der Waals surface area contributed by atoms with Crippen molar-refractivity contribution in [3.63, 3.8) is 0 Å². The van der Waals surface area contributed by atoms with Crippen molar-refractivity contribution in [3.05, 3.63) is 0 Å². The van der Waals surface area contributed by atoms with Crippen LogP contribution in [0.15, 0.2) is 0 Å². The van der Waals surface area contributed by atoms with Crippen molar-refractivity contribution in [1.29, 1.82) is 0 Å². The van der Waals surface area contributed by atoms with Crippen LogP contribution in [-0.2, 0) is 0 Å². The number of hydrogen-bond acceptors (Lipinski definition) is 3. The first-order valence-corrected chi connectivity index (χ1v) is 6.14. The van der Waals surface area contributed by atoms with Gasteiger partial charge in [-0.3, -0.25) is 0 Å². The molecule has 0 aromatic rings. The molecular weight excluding hydrogens is 186 g/mol. The molecule has 90 valence electrons. The molecule has 0 aromatic carbocycles. The molecule has 2 N–H and O–H groups in total. The van der Waals surface area contributed by atoms with E-state index in [0.717, 1.165) is 12.6 Å². The van der Waals surface area contributed by atoms with Crippen molar-refractivity contribution in [1.82, 2.24) is 9.80 Å². The van der Waals surface area contributed by atoms with Crippen molar-refractivity contribution in [2.24, 2.45) is 5.73 Å². The average Bonchev–Trinajstić information content (AvgIpc) is 2.15. The summed E-state index contributed by atoms with van der Waals surface area (Å²) >= 11 is 0. The smallest absolute Gasteiger partial charge is 0.0226 e. The molecule has 0 aliphatic carbocycles. The van der Waals surface area contributed by atoms with Crippen LogP contribution in [0, 0.1) is 0 Å². The largest absolute Gasteiger partial charge is 0.324 e. The topological polar surface area (TPSA) is 32.5 Å². The fourth-order valence-corrected chi connectivity index (χ4v) is 2.45. The minimum atomic E-state index is -0.0728. The highest BCUT2D eigenvalue weighted by molar-refractivity contribution is 4.83. The molecule has 0 atom stereocenters. The molecule has 0 saturated carbocycles. The quantitative estimate of drug-likeness (QED) is 0.760. The first-order valence-electron chi connectivity index (χ1n) is 6.14. The van der Waals surface area contributed by atoms with E-state index in [-0.39, 0.29) is 5.54 Å². The van der Waals surface area contributed by atoms with Crippen LogP contribution in [0.25, 0.3) is 0 Å². The van der Waals surface area contributed by atoms with Gasteiger partial charge in [0.15, 0.2) is 0 Å². The van der Waals surface area contributed by atoms with Crippen molar-refractivity contribution in [3.8, 4) is 0 Å². The molecule has 1 heterocycles. The van der Waals surface area contributed by atoms with Crippen molar-refractivity contribution < 1.29 is 0 Å². The Hall–Kier alpha value is -0.120. The van der Waals surface area contributed by atoms with Gasteiger partial charge in [-0.05, 0) is 53.4 Å². The standard InChI is InChI=1S/C12H27N3/c1-5-15-8-6-11(7-9-15)14(4)10-12(2,3)13/h11H,5-10,13H2,1-4H3. The predicted molar refractivity (Wildman–Crippen MR) is 66.0 cm³/mol. The maximum Gasteiger partial charge on any atom is 0.0226 e. The molecule has 0 unspecified atom stereocenters. The van der Waals surface area contributed by atoms with Crippen LogP contribution < -0.4 is 5.73 Å². The number of nitrogens with two attached hydrogens (primary N) is 1. The fraction of sp³-hybridized carbons (Fsp3) is 1.00. The molecule has 0 amide bonds. The Morgan fingerprint density at radius 2 is 1.87 bits per heavy atom. The summed E-state index contributed by atoms with van der Waals surface area (Å²) in [4.78, 5) is 4.96. The summed E-state index contributed by atoms with van der Waals surface area (Å²) in [6.07, 6.45) is 2.58. The first kappa shape index (κ1) is 12.9. The Bertz CT molecular complexity index is 178. The highest BCUT2D eigenvalue weighted by Gasteiger charge is 2.24. The second-order valence-corrected chi connectivity index (χ2v) is 5.57. The molecule has 15 heavy (non-hydrogen) atoms. The van der Waals surface area contributed by atoms with Gasteiger partial charge in [-0.15, -0.1) is 0 Å². The zero-order valence-corrected chi connectivity index (χ0v) is 10.8. The molecule has 1 aliphatic heterocycles. The van der Waals surface area contributed by atoms with Gasteiger partial charge in [-0.25, -0.2) is 0 Å². The van der Waals surface area contributed by atoms with Gasteiger partial charge < -0.3 is 15.5 Å². The van der Waals surface area contributed by atoms with Crippen molar-refractivity contribution >= 4 is 0 Å². The van der Waals surface area contributed by atoms with Gasteiger partial charge in [-0.1, -0.05) is 6.92 Å². The summed E-state index contributed by atoms with van der Waals surface area (Å²) in [5, 5.41) is 0. The lowest BCUT2D eigenvalue weighted by molar-refractivity contribution is 0.117. The number of likely N-dealkylation sites (tertiary alicyclic amines) is 1. The van der Waals surface area contributed by atoms with Crippen LogP contribution in [0.5, 0.6) is 0 Å². The summed E-state index contributed by atoms with van der Waals surface area (Å²) in [5.74, 6) is 0. The summed E-state index contributed by atoms with van der Waals surface area (Å²) in [6, 6.07) is 0.732. The van der Waals surface area contributed by atoms with E-state index in [4.69, 9.17) is 5.73 Å². The lowest BCUT2D eigenvalue weighted by Gasteiger charge is -2.38. The molecule has 0 aromatic heterocycles. The SMILES string of the molecule is CCN1CCC(N(C)CC(C)(C)N)CC1. The fourth-order valence-electron chi connectivity index (χ4n) is 2.45. The van der Waals surface area contributed by atoms with Crippen LogP contribution in [0.3, 0.4) is 0 Å². The lowest BCUT2D eigenvalue weighted by atomic mass is 10.0. The molecule has 1 aliphatic rings. The van der Waals surface area contributed by atoms with Crippen LogP contribution in [-0.4, -0.2) is 54.6 Å². The molecule has 3 nitrogen and oxygen atoms in total. The van der Waals surface area contributed by atoms with Gasteiger partial charge in [0.1, 0.15) is 0 Å². The average molecular weight is 213 g/mol. The van der Waals surface area contributed by atoms with E-state index < -0.39 is 0 Å². The number of hydrogen-bond donors (Lipinski definition) is 1. The van der Waals surface area contributed by atoms with Gasteiger partial charge in [0.05, 0.1) is 0 Å². The second-order valence-electron chi connectivity index (χ2n) is 5.57. The molecule has 1 rings (SSSR count). The van der Waals surface area contributed by atoms with Crippen LogP contribution in [0.1, 0.15) is 33.6 Å². The van der Waals surface area contributed by atoms with Gasteiger partial charge in [0.2, 0.25) is 0 Å². The van der Waals surface area contributed by atoms with E-state index in [9.17, 15) is 0 Å². The molecular formula is C12H27N3. The van der Waals surface area contributed by atoms with E-state index in [1.807, 2.05) is 0 Å². The van der Waals surface area contributed by atoms with E-state index in [1.54, 1.807) is 0 Å². The zero-order valence-electron chi connectivity index (χ0n) is 10.8. The van der Waals surface area contributed by atoms with Gasteiger partial charge in [0, 0.05) is 18.1 Å². The van der Waals surface area contributed by atoms with E-state index in [0.29, 0.717) is 0 Å². The molecule has 3 heteroatoms. The van der Waals surface area contributed by atoms with E-state index in [1.165, 1.54) is 32.5 Å². The van der Waals surface area contributed by atoms with E-state index >= 15 is 0 Å². The van der Waals surface area contributed by atoms with Crippen LogP contribution in [0.4, 0.5) is 0 Å². The molecule has 1 saturated heterocycles. The first-order chi connectivity index (χ1) is 6.92. The molecule has 1 fully saturated rings. The van der Waals surface area contributed by atoms with E-state index in [2.05, 4.69) is 37.6 Å². The maximum atomic E-state index is 6.04. The van der Waals surface area contributed by atoms with Gasteiger partial charge in [-0.2, -0.15) is 0 Å². The van der Waals surface area contributed by atoms with Crippen LogP contribution >= 0.6 is 0 Å². The minimum Gasteiger partial charge on any atom is -0.324 e. The monoisotopic (exact) mass is 213 g/mol. The number of nitrogens with zero attached hydrogens (tertiary/aromatic N) is 2. The predicted octanol–water partition coefficient (Wildman–Crippen LogP) is 1.14. The highest BCUT2D eigenvalue weighted by atomic mass is 15.2. The van der Waals surface area contributed by atoms with Gasteiger partial charge in [0.25, 0.3) is 0 Å². The normalized spacial score (nSPS) is 21.2. The Kier molecular flexibility index (Phi) is 4.56. The summed E-state index contributed by atoms with van der Waals surface area (Å²) < 4.78 is 0. The van der Waals surface area contributed by atoms with Gasteiger partial charge >= 0.3 is 0 Å². The highest BCUT2D eigenvalue weighted by Crippen LogP contribution is 2.16. The van der Waals surface area contributed by atoms with Crippen LogP contribution in [0.2, 0.25) is 0 Å². The Labute approximate surface area is 94.6 Å². The second kappa shape index (κ2) is 5.28. The number of rotatable bonds is 4. The third-order valence-electron chi connectivity index (χ3n) is 3.28. The maximum absolute atomic E-state index is 6.04. The Balaban J connectivity index is 2.33. The molecule has 0 bridgehead atoms. The zero-order chi connectivity index (χ0) is 11.5. The lowest BCUT2D eigenvalue weighted by Crippen LogP contribution is -2.50. The third kappa shape index (κ3) is 4.49. The van der Waals surface area contributed by atoms with Crippen molar-refractivity contribution in [2.75, 3.05) is 33.2 Å². The Morgan fingerprint density at radius 3 is 2.27 bits per heavy atom. The Morgan fingerprint density at radius 1 is 1.33 bits per heavy atom. The molecule has 0 spiro atoms. The summed E-state index contributed by atoms with van der Waals surface area (Å²) in [7, 11) is 2.21.